The fourth-order valence-electron chi connectivity index (χ4n) is 6.93. The Morgan fingerprint density at radius 1 is 1.00 bits per heavy atom. The number of hydrogen-bond donors (Lipinski definition) is 3. The van der Waals surface area contributed by atoms with Crippen molar-refractivity contribution in [2.75, 3.05) is 24.8 Å². The molecule has 3 aromatic rings. The number of carboxylic acids is 1. The predicted octanol–water partition coefficient (Wildman–Crippen LogP) is 5.64. The minimum absolute atomic E-state index is 0.0561. The molecule has 3 heterocycles. The molecule has 3 atom stereocenters. The summed E-state index contributed by atoms with van der Waals surface area (Å²) in [5.41, 5.74) is 1.82. The van der Waals surface area contributed by atoms with Crippen LogP contribution in [0.5, 0.6) is 23.3 Å². The third-order valence-electron chi connectivity index (χ3n) is 9.08. The van der Waals surface area contributed by atoms with Crippen LogP contribution in [-0.2, 0) is 16.1 Å². The molecule has 5 rings (SSSR count). The van der Waals surface area contributed by atoms with Crippen LogP contribution in [-0.4, -0.2) is 68.6 Å². The van der Waals surface area contributed by atoms with E-state index in [0.29, 0.717) is 29.3 Å². The molecule has 1 fully saturated rings. The van der Waals surface area contributed by atoms with Crippen molar-refractivity contribution < 1.29 is 38.8 Å². The van der Waals surface area contributed by atoms with Gasteiger partial charge < -0.3 is 29.7 Å². The van der Waals surface area contributed by atoms with Crippen LogP contribution in [0.1, 0.15) is 63.0 Å². The molecule has 0 aliphatic carbocycles. The first kappa shape index (κ1) is 32.2. The number of hydrogen-bond acceptors (Lipinski definition) is 7. The number of aromatic nitrogens is 1. The average Bonchev–Trinajstić information content (AvgIpc) is 3.71. The first-order valence-corrected chi connectivity index (χ1v) is 15.6. The number of carbonyl (C=O) groups excluding carboxylic acids is 1. The Balaban J connectivity index is 1.50. The number of aromatic hydroxyl groups is 2. The standard InChI is InChI=1S/C34H42FN3O7/c1-4-6-23(7-5-2)38(24-9-10-26(35)21(3)16-24)32(41)19-36-18-25(22-8-11-28-29(17-22)45-20-44-28)33(34(42)43)27(36)14-15-37-30(39)12-13-31(37)40/h8-13,16-17,23,25,27,33,39-40H,4-7,14-15,18-20H2,1-3H3,(H,42,43)/t25-,27-,33+/m1/s1. The zero-order chi connectivity index (χ0) is 32.2. The molecule has 0 bridgehead atoms. The molecule has 11 heteroatoms. The van der Waals surface area contributed by atoms with Gasteiger partial charge in [0.25, 0.3) is 0 Å². The first-order chi connectivity index (χ1) is 21.6. The van der Waals surface area contributed by atoms with Crippen molar-refractivity contribution >= 4 is 17.6 Å². The molecule has 1 aromatic heterocycles. The molecule has 1 amide bonds. The van der Waals surface area contributed by atoms with Gasteiger partial charge in [-0.15, -0.1) is 0 Å². The van der Waals surface area contributed by atoms with Crippen LogP contribution in [0.25, 0.3) is 0 Å². The summed E-state index contributed by atoms with van der Waals surface area (Å²) in [4.78, 5) is 31.0. The second kappa shape index (κ2) is 13.8. The summed E-state index contributed by atoms with van der Waals surface area (Å²) in [6.45, 7) is 6.28. The molecular formula is C34H42FN3O7. The van der Waals surface area contributed by atoms with Crippen LogP contribution in [0.3, 0.4) is 0 Å². The molecule has 10 nitrogen and oxygen atoms in total. The van der Waals surface area contributed by atoms with Crippen molar-refractivity contribution in [3.05, 3.63) is 65.5 Å². The van der Waals surface area contributed by atoms with E-state index in [1.165, 1.54) is 22.8 Å². The van der Waals surface area contributed by atoms with Gasteiger partial charge in [-0.2, -0.15) is 0 Å². The maximum absolute atomic E-state index is 14.4. The second-order valence-electron chi connectivity index (χ2n) is 12.0. The number of rotatable bonds is 13. The topological polar surface area (TPSA) is 125 Å². The molecule has 3 N–H and O–H groups in total. The normalized spacial score (nSPS) is 19.4. The van der Waals surface area contributed by atoms with Crippen molar-refractivity contribution in [3.63, 3.8) is 0 Å². The predicted molar refractivity (Wildman–Crippen MR) is 166 cm³/mol. The lowest BCUT2D eigenvalue weighted by Crippen LogP contribution is -2.48. The SMILES string of the molecule is CCCC(CCC)N(C(=O)CN1C[C@H](c2ccc3c(c2)OCO3)[C@H](C(=O)O)[C@H]1CCn1c(O)ccc1O)c1ccc(F)c(C)c1. The number of carboxylic acid groups (broad SMARTS) is 1. The van der Waals surface area contributed by atoms with Crippen LogP contribution < -0.4 is 14.4 Å². The summed E-state index contributed by atoms with van der Waals surface area (Å²) in [6.07, 6.45) is 3.51. The van der Waals surface area contributed by atoms with Crippen LogP contribution in [0.4, 0.5) is 10.1 Å². The van der Waals surface area contributed by atoms with Gasteiger partial charge in [0, 0.05) is 48.9 Å². The highest BCUT2D eigenvalue weighted by atomic mass is 19.1. The molecular weight excluding hydrogens is 581 g/mol. The van der Waals surface area contributed by atoms with Crippen LogP contribution in [0.15, 0.2) is 48.5 Å². The van der Waals surface area contributed by atoms with Crippen molar-refractivity contribution in [3.8, 4) is 23.3 Å². The van der Waals surface area contributed by atoms with Gasteiger partial charge in [0.05, 0.1) is 12.5 Å². The second-order valence-corrected chi connectivity index (χ2v) is 12.0. The molecule has 0 saturated carbocycles. The van der Waals surface area contributed by atoms with E-state index in [1.54, 1.807) is 36.1 Å². The molecule has 45 heavy (non-hydrogen) atoms. The highest BCUT2D eigenvalue weighted by molar-refractivity contribution is 5.95. The van der Waals surface area contributed by atoms with Gasteiger partial charge >= 0.3 is 5.97 Å². The lowest BCUT2D eigenvalue weighted by Gasteiger charge is -2.35. The van der Waals surface area contributed by atoms with Gasteiger partial charge in [-0.25, -0.2) is 4.39 Å². The van der Waals surface area contributed by atoms with E-state index >= 15 is 0 Å². The van der Waals surface area contributed by atoms with Crippen LogP contribution in [0.2, 0.25) is 0 Å². The van der Waals surface area contributed by atoms with E-state index in [2.05, 4.69) is 13.8 Å². The molecule has 242 valence electrons. The minimum atomic E-state index is -1.00. The largest absolute Gasteiger partial charge is 0.494 e. The Morgan fingerprint density at radius 3 is 2.33 bits per heavy atom. The first-order valence-electron chi connectivity index (χ1n) is 15.6. The van der Waals surface area contributed by atoms with Gasteiger partial charge in [-0.05, 0) is 67.6 Å². The fraction of sp³-hybridized carbons (Fsp3) is 0.471. The van der Waals surface area contributed by atoms with E-state index < -0.39 is 23.8 Å². The summed E-state index contributed by atoms with van der Waals surface area (Å²) in [7, 11) is 0. The number of aliphatic carboxylic acids is 1. The van der Waals surface area contributed by atoms with E-state index in [1.807, 2.05) is 11.0 Å². The zero-order valence-corrected chi connectivity index (χ0v) is 26.0. The lowest BCUT2D eigenvalue weighted by atomic mass is 9.84. The summed E-state index contributed by atoms with van der Waals surface area (Å²) in [5, 5.41) is 31.1. The highest BCUT2D eigenvalue weighted by Crippen LogP contribution is 2.43. The third-order valence-corrected chi connectivity index (χ3v) is 9.08. The van der Waals surface area contributed by atoms with Crippen molar-refractivity contribution in [1.29, 1.82) is 0 Å². The lowest BCUT2D eigenvalue weighted by molar-refractivity contribution is -0.143. The van der Waals surface area contributed by atoms with E-state index in [-0.39, 0.29) is 55.8 Å². The number of anilines is 1. The molecule has 0 radical (unpaired) electrons. The number of aryl methyl sites for hydroxylation is 1. The van der Waals surface area contributed by atoms with E-state index in [0.717, 1.165) is 31.2 Å². The van der Waals surface area contributed by atoms with Crippen LogP contribution in [0, 0.1) is 18.7 Å². The number of nitrogens with zero attached hydrogens (tertiary/aromatic N) is 3. The smallest absolute Gasteiger partial charge is 0.308 e. The van der Waals surface area contributed by atoms with Gasteiger partial charge in [-0.1, -0.05) is 32.8 Å². The van der Waals surface area contributed by atoms with Gasteiger partial charge in [-0.3, -0.25) is 19.1 Å². The Labute approximate surface area is 262 Å². The number of halogens is 1. The Kier molecular flexibility index (Phi) is 9.86. The van der Waals surface area contributed by atoms with E-state index in [9.17, 15) is 29.3 Å². The maximum Gasteiger partial charge on any atom is 0.308 e. The van der Waals surface area contributed by atoms with Gasteiger partial charge in [0.2, 0.25) is 12.7 Å². The number of amides is 1. The summed E-state index contributed by atoms with van der Waals surface area (Å²) in [6, 6.07) is 12.2. The zero-order valence-electron chi connectivity index (χ0n) is 26.0. The molecule has 0 spiro atoms. The average molecular weight is 624 g/mol. The molecule has 1 saturated heterocycles. The minimum Gasteiger partial charge on any atom is -0.494 e. The number of ether oxygens (including phenoxy) is 2. The van der Waals surface area contributed by atoms with Gasteiger partial charge in [0.1, 0.15) is 5.82 Å². The summed E-state index contributed by atoms with van der Waals surface area (Å²) in [5.74, 6) is -2.02. The van der Waals surface area contributed by atoms with Gasteiger partial charge in [0.15, 0.2) is 23.3 Å². The molecule has 0 unspecified atom stereocenters. The van der Waals surface area contributed by atoms with Crippen molar-refractivity contribution in [2.45, 2.75) is 77.4 Å². The number of carbonyl (C=O) groups is 2. The highest BCUT2D eigenvalue weighted by Gasteiger charge is 2.47. The Hall–Kier alpha value is -4.25. The number of benzene rings is 2. The Bertz CT molecular complexity index is 1500. The quantitative estimate of drug-likeness (QED) is 0.224. The molecule has 2 aliphatic rings. The molecule has 2 aromatic carbocycles. The van der Waals surface area contributed by atoms with Crippen molar-refractivity contribution in [1.82, 2.24) is 9.47 Å². The monoisotopic (exact) mass is 623 g/mol. The van der Waals surface area contributed by atoms with Crippen LogP contribution >= 0.6 is 0 Å². The van der Waals surface area contributed by atoms with E-state index in [4.69, 9.17) is 9.47 Å². The molecule has 2 aliphatic heterocycles. The maximum atomic E-state index is 14.4. The number of likely N-dealkylation sites (tertiary alicyclic amines) is 1. The third kappa shape index (κ3) is 6.73. The summed E-state index contributed by atoms with van der Waals surface area (Å²) >= 11 is 0. The summed E-state index contributed by atoms with van der Waals surface area (Å²) < 4.78 is 26.6. The Morgan fingerprint density at radius 2 is 1.69 bits per heavy atom. The van der Waals surface area contributed by atoms with Crippen molar-refractivity contribution in [2.24, 2.45) is 5.92 Å². The number of fused-ring (bicyclic) bond motifs is 1. The fourth-order valence-corrected chi connectivity index (χ4v) is 6.93.